The van der Waals surface area contributed by atoms with Gasteiger partial charge in [0.15, 0.2) is 0 Å². The van der Waals surface area contributed by atoms with E-state index in [-0.39, 0.29) is 5.91 Å². The van der Waals surface area contributed by atoms with Gasteiger partial charge in [-0.2, -0.15) is 0 Å². The Labute approximate surface area is 118 Å². The largest absolute Gasteiger partial charge is 0.494 e. The van der Waals surface area contributed by atoms with Crippen LogP contribution in [0, 0.1) is 0 Å². The van der Waals surface area contributed by atoms with Gasteiger partial charge in [0.25, 0.3) is 5.91 Å². The van der Waals surface area contributed by atoms with Crippen LogP contribution in [0.2, 0.25) is 0 Å². The standard InChI is InChI=1S/C15H19N3O2/c1-2-3-8-20-14-6-4-12(5-7-14)15(19)17-10-13-9-16-11-18-13/h4-7,9,11H,2-3,8,10H2,1H3,(H,16,18)(H,17,19). The van der Waals surface area contributed by atoms with Crippen LogP contribution >= 0.6 is 0 Å². The van der Waals surface area contributed by atoms with E-state index in [2.05, 4.69) is 22.2 Å². The number of nitrogens with zero attached hydrogens (tertiary/aromatic N) is 1. The first-order valence-corrected chi connectivity index (χ1v) is 6.78. The minimum Gasteiger partial charge on any atom is -0.494 e. The van der Waals surface area contributed by atoms with Crippen molar-refractivity contribution >= 4 is 5.91 Å². The molecular weight excluding hydrogens is 254 g/mol. The third-order valence-electron chi connectivity index (χ3n) is 2.88. The lowest BCUT2D eigenvalue weighted by atomic mass is 10.2. The molecule has 0 aliphatic rings. The van der Waals surface area contributed by atoms with Gasteiger partial charge in [-0.15, -0.1) is 0 Å². The van der Waals surface area contributed by atoms with Crippen LogP contribution in [0.25, 0.3) is 0 Å². The van der Waals surface area contributed by atoms with Crippen LogP contribution in [0.15, 0.2) is 36.8 Å². The molecule has 5 heteroatoms. The molecule has 0 aliphatic heterocycles. The molecule has 1 heterocycles. The molecule has 2 rings (SSSR count). The number of amides is 1. The summed E-state index contributed by atoms with van der Waals surface area (Å²) in [7, 11) is 0. The van der Waals surface area contributed by atoms with Gasteiger partial charge in [-0.05, 0) is 30.7 Å². The van der Waals surface area contributed by atoms with E-state index in [0.29, 0.717) is 18.7 Å². The number of benzene rings is 1. The molecule has 2 N–H and O–H groups in total. The van der Waals surface area contributed by atoms with E-state index in [1.54, 1.807) is 24.7 Å². The summed E-state index contributed by atoms with van der Waals surface area (Å²) in [6.07, 6.45) is 5.41. The molecule has 2 aromatic rings. The number of unbranched alkanes of at least 4 members (excludes halogenated alkanes) is 1. The van der Waals surface area contributed by atoms with Crippen LogP contribution in [-0.2, 0) is 6.54 Å². The zero-order valence-electron chi connectivity index (χ0n) is 11.6. The Morgan fingerprint density at radius 1 is 1.35 bits per heavy atom. The normalized spacial score (nSPS) is 10.2. The fourth-order valence-corrected chi connectivity index (χ4v) is 1.70. The van der Waals surface area contributed by atoms with E-state index in [1.165, 1.54) is 0 Å². The Morgan fingerprint density at radius 3 is 2.80 bits per heavy atom. The summed E-state index contributed by atoms with van der Waals surface area (Å²) in [6.45, 7) is 3.27. The quantitative estimate of drug-likeness (QED) is 0.762. The number of imidazole rings is 1. The second-order valence-corrected chi connectivity index (χ2v) is 4.49. The lowest BCUT2D eigenvalue weighted by molar-refractivity contribution is 0.0950. The topological polar surface area (TPSA) is 67.0 Å². The first kappa shape index (κ1) is 14.1. The maximum atomic E-state index is 11.9. The Bertz CT molecular complexity index is 521. The highest BCUT2D eigenvalue weighted by Crippen LogP contribution is 2.12. The number of hydrogen-bond donors (Lipinski definition) is 2. The van der Waals surface area contributed by atoms with E-state index >= 15 is 0 Å². The summed E-state index contributed by atoms with van der Waals surface area (Å²) < 4.78 is 5.56. The summed E-state index contributed by atoms with van der Waals surface area (Å²) in [5.41, 5.74) is 1.49. The average Bonchev–Trinajstić information content (AvgIpc) is 2.99. The molecule has 1 aromatic heterocycles. The Morgan fingerprint density at radius 2 is 2.15 bits per heavy atom. The highest BCUT2D eigenvalue weighted by atomic mass is 16.5. The third-order valence-corrected chi connectivity index (χ3v) is 2.88. The van der Waals surface area contributed by atoms with E-state index in [4.69, 9.17) is 4.74 Å². The monoisotopic (exact) mass is 273 g/mol. The molecule has 0 fully saturated rings. The molecule has 5 nitrogen and oxygen atoms in total. The first-order chi connectivity index (χ1) is 9.79. The van der Waals surface area contributed by atoms with Crippen LogP contribution in [0.3, 0.4) is 0 Å². The smallest absolute Gasteiger partial charge is 0.251 e. The van der Waals surface area contributed by atoms with Crippen molar-refractivity contribution in [2.24, 2.45) is 0 Å². The second-order valence-electron chi connectivity index (χ2n) is 4.49. The van der Waals surface area contributed by atoms with Crippen molar-refractivity contribution in [1.82, 2.24) is 15.3 Å². The van der Waals surface area contributed by atoms with Gasteiger partial charge < -0.3 is 15.0 Å². The molecule has 1 aromatic carbocycles. The summed E-state index contributed by atoms with van der Waals surface area (Å²) in [6, 6.07) is 7.18. The van der Waals surface area contributed by atoms with E-state index in [9.17, 15) is 4.79 Å². The number of H-pyrrole nitrogens is 1. The van der Waals surface area contributed by atoms with Crippen molar-refractivity contribution < 1.29 is 9.53 Å². The summed E-state index contributed by atoms with van der Waals surface area (Å²) >= 11 is 0. The summed E-state index contributed by atoms with van der Waals surface area (Å²) in [5, 5.41) is 2.82. The van der Waals surface area contributed by atoms with Crippen LogP contribution in [-0.4, -0.2) is 22.5 Å². The Hall–Kier alpha value is -2.30. The van der Waals surface area contributed by atoms with Crippen molar-refractivity contribution in [3.8, 4) is 5.75 Å². The van der Waals surface area contributed by atoms with Gasteiger partial charge in [-0.1, -0.05) is 13.3 Å². The number of hydrogen-bond acceptors (Lipinski definition) is 3. The number of aromatic nitrogens is 2. The van der Waals surface area contributed by atoms with Gasteiger partial charge in [0, 0.05) is 11.8 Å². The van der Waals surface area contributed by atoms with Gasteiger partial charge in [0.2, 0.25) is 0 Å². The van der Waals surface area contributed by atoms with Gasteiger partial charge in [0.05, 0.1) is 25.2 Å². The summed E-state index contributed by atoms with van der Waals surface area (Å²) in [4.78, 5) is 18.8. The SMILES string of the molecule is CCCCOc1ccc(C(=O)NCc2cnc[nH]2)cc1. The Kier molecular flexibility index (Phi) is 5.17. The molecule has 0 radical (unpaired) electrons. The van der Waals surface area contributed by atoms with Crippen LogP contribution in [0.5, 0.6) is 5.75 Å². The number of carbonyl (C=O) groups is 1. The molecule has 106 valence electrons. The molecular formula is C15H19N3O2. The highest BCUT2D eigenvalue weighted by molar-refractivity contribution is 5.94. The molecule has 0 saturated heterocycles. The molecule has 20 heavy (non-hydrogen) atoms. The average molecular weight is 273 g/mol. The zero-order chi connectivity index (χ0) is 14.2. The first-order valence-electron chi connectivity index (χ1n) is 6.78. The molecule has 0 saturated carbocycles. The number of carbonyl (C=O) groups excluding carboxylic acids is 1. The van der Waals surface area contributed by atoms with Crippen molar-refractivity contribution in [2.45, 2.75) is 26.3 Å². The molecule has 0 spiro atoms. The minimum atomic E-state index is -0.111. The lowest BCUT2D eigenvalue weighted by Gasteiger charge is -2.07. The number of rotatable bonds is 7. The van der Waals surface area contributed by atoms with Crippen molar-refractivity contribution in [3.63, 3.8) is 0 Å². The lowest BCUT2D eigenvalue weighted by Crippen LogP contribution is -2.22. The van der Waals surface area contributed by atoms with Gasteiger partial charge in [-0.3, -0.25) is 4.79 Å². The predicted octanol–water partition coefficient (Wildman–Crippen LogP) is 2.52. The highest BCUT2D eigenvalue weighted by Gasteiger charge is 2.05. The van der Waals surface area contributed by atoms with Crippen LogP contribution in [0.1, 0.15) is 35.8 Å². The number of aromatic amines is 1. The molecule has 0 unspecified atom stereocenters. The minimum absolute atomic E-state index is 0.111. The zero-order valence-corrected chi connectivity index (χ0v) is 11.6. The number of ether oxygens (including phenoxy) is 1. The summed E-state index contributed by atoms with van der Waals surface area (Å²) in [5.74, 6) is 0.684. The third kappa shape index (κ3) is 4.12. The van der Waals surface area contributed by atoms with Crippen molar-refractivity contribution in [1.29, 1.82) is 0 Å². The van der Waals surface area contributed by atoms with Gasteiger partial charge in [-0.25, -0.2) is 4.98 Å². The number of nitrogens with one attached hydrogen (secondary N) is 2. The second kappa shape index (κ2) is 7.33. The molecule has 0 atom stereocenters. The van der Waals surface area contributed by atoms with Crippen LogP contribution in [0.4, 0.5) is 0 Å². The maximum Gasteiger partial charge on any atom is 0.251 e. The maximum absolute atomic E-state index is 11.9. The molecule has 1 amide bonds. The van der Waals surface area contributed by atoms with Gasteiger partial charge in [0.1, 0.15) is 5.75 Å². The van der Waals surface area contributed by atoms with Crippen LogP contribution < -0.4 is 10.1 Å². The van der Waals surface area contributed by atoms with Gasteiger partial charge >= 0.3 is 0 Å². The molecule has 0 aliphatic carbocycles. The fourth-order valence-electron chi connectivity index (χ4n) is 1.70. The van der Waals surface area contributed by atoms with E-state index in [0.717, 1.165) is 24.3 Å². The van der Waals surface area contributed by atoms with Crippen molar-refractivity contribution in [2.75, 3.05) is 6.61 Å². The van der Waals surface area contributed by atoms with E-state index in [1.807, 2.05) is 12.1 Å². The molecule has 0 bridgehead atoms. The Balaban J connectivity index is 1.84. The fraction of sp³-hybridized carbons (Fsp3) is 0.333. The predicted molar refractivity (Wildman–Crippen MR) is 76.6 cm³/mol. The van der Waals surface area contributed by atoms with Crippen molar-refractivity contribution in [3.05, 3.63) is 48.0 Å². The van der Waals surface area contributed by atoms with E-state index < -0.39 is 0 Å².